The highest BCUT2D eigenvalue weighted by Crippen LogP contribution is 2.30. The van der Waals surface area contributed by atoms with Crippen molar-refractivity contribution in [3.05, 3.63) is 84.2 Å². The Hall–Kier alpha value is -3.53. The number of aromatic nitrogens is 1. The molecular formula is C32H38N4O4S. The molecule has 216 valence electrons. The molecule has 5 rings (SSSR count). The van der Waals surface area contributed by atoms with Crippen molar-refractivity contribution in [3.63, 3.8) is 0 Å². The van der Waals surface area contributed by atoms with Crippen LogP contribution in [0.15, 0.2) is 78.0 Å². The number of piperidine rings is 2. The summed E-state index contributed by atoms with van der Waals surface area (Å²) in [6.45, 7) is 3.88. The van der Waals surface area contributed by atoms with Crippen molar-refractivity contribution >= 4 is 33.8 Å². The summed E-state index contributed by atoms with van der Waals surface area (Å²) >= 11 is 0. The summed E-state index contributed by atoms with van der Waals surface area (Å²) in [6.07, 6.45) is 12.9. The van der Waals surface area contributed by atoms with Crippen LogP contribution in [0.2, 0.25) is 0 Å². The molecule has 0 unspecified atom stereocenters. The fraction of sp³-hybridized carbons (Fsp3) is 0.375. The van der Waals surface area contributed by atoms with Crippen LogP contribution in [0.4, 0.5) is 5.69 Å². The Labute approximate surface area is 243 Å². The van der Waals surface area contributed by atoms with Crippen molar-refractivity contribution in [3.8, 4) is 5.75 Å². The van der Waals surface area contributed by atoms with E-state index in [1.54, 1.807) is 36.7 Å². The first kappa shape index (κ1) is 29.0. The van der Waals surface area contributed by atoms with Gasteiger partial charge in [-0.05, 0) is 92.4 Å². The minimum absolute atomic E-state index is 0.0309. The average Bonchev–Trinajstić information content (AvgIpc) is 3.02. The zero-order valence-corrected chi connectivity index (χ0v) is 24.4. The van der Waals surface area contributed by atoms with Gasteiger partial charge in [0.05, 0.1) is 24.2 Å². The van der Waals surface area contributed by atoms with Crippen LogP contribution >= 0.6 is 0 Å². The Kier molecular flexibility index (Phi) is 9.49. The molecule has 3 aromatic rings. The number of amides is 1. The number of hydrogen-bond donors (Lipinski definition) is 0. The number of rotatable bonds is 9. The van der Waals surface area contributed by atoms with Crippen LogP contribution in [0.5, 0.6) is 5.75 Å². The number of nitrogens with zero attached hydrogens (tertiary/aromatic N) is 4. The number of hydrogen-bond acceptors (Lipinski definition) is 7. The molecule has 3 heterocycles. The van der Waals surface area contributed by atoms with Crippen molar-refractivity contribution in [2.45, 2.75) is 43.0 Å². The molecule has 41 heavy (non-hydrogen) atoms. The van der Waals surface area contributed by atoms with E-state index >= 15 is 0 Å². The predicted molar refractivity (Wildman–Crippen MR) is 162 cm³/mol. The van der Waals surface area contributed by atoms with Gasteiger partial charge in [0.2, 0.25) is 0 Å². The molecule has 2 fully saturated rings. The highest BCUT2D eigenvalue weighted by Gasteiger charge is 2.34. The minimum atomic E-state index is -4.21. The number of ether oxygens (including phenoxy) is 1. The number of carbonyl (C=O) groups is 1. The fourth-order valence-electron chi connectivity index (χ4n) is 5.71. The molecule has 0 N–H and O–H groups in total. The van der Waals surface area contributed by atoms with Crippen LogP contribution in [-0.4, -0.2) is 75.0 Å². The van der Waals surface area contributed by atoms with Gasteiger partial charge in [0, 0.05) is 31.5 Å². The normalized spacial score (nSPS) is 17.5. The van der Waals surface area contributed by atoms with Gasteiger partial charge in [0.15, 0.2) is 0 Å². The van der Waals surface area contributed by atoms with Crippen molar-refractivity contribution in [1.29, 1.82) is 0 Å². The third-order valence-electron chi connectivity index (χ3n) is 7.96. The van der Waals surface area contributed by atoms with Gasteiger partial charge in [-0.2, -0.15) is 0 Å². The predicted octanol–water partition coefficient (Wildman–Crippen LogP) is 4.93. The molecule has 0 aliphatic carbocycles. The lowest BCUT2D eigenvalue weighted by molar-refractivity contribution is -0.119. The van der Waals surface area contributed by atoms with Crippen LogP contribution in [-0.2, 0) is 14.8 Å². The molecule has 2 saturated heterocycles. The minimum Gasteiger partial charge on any atom is -0.497 e. The fourth-order valence-corrected chi connectivity index (χ4v) is 7.15. The number of anilines is 1. The van der Waals surface area contributed by atoms with Gasteiger partial charge in [-0.1, -0.05) is 36.8 Å². The maximum Gasteiger partial charge on any atom is 0.270 e. The van der Waals surface area contributed by atoms with E-state index in [0.717, 1.165) is 48.9 Å². The molecule has 0 saturated carbocycles. The highest BCUT2D eigenvalue weighted by molar-refractivity contribution is 7.93. The molecule has 0 radical (unpaired) electrons. The molecule has 2 aromatic carbocycles. The van der Waals surface area contributed by atoms with E-state index < -0.39 is 15.9 Å². The molecule has 0 atom stereocenters. The molecule has 9 heteroatoms. The second-order valence-corrected chi connectivity index (χ2v) is 12.4. The lowest BCUT2D eigenvalue weighted by Gasteiger charge is -2.40. The van der Waals surface area contributed by atoms with Gasteiger partial charge >= 0.3 is 0 Å². The molecular weight excluding hydrogens is 536 g/mol. The van der Waals surface area contributed by atoms with Crippen LogP contribution in [0.25, 0.3) is 12.2 Å². The van der Waals surface area contributed by atoms with Crippen molar-refractivity contribution in [2.24, 2.45) is 0 Å². The SMILES string of the molecule is COc1ccc(S(=O)(=O)N(C(=O)CN2CCC(N3CCCCC3)CC2)c2ccccc2/C=C/c2ccncc2)cc1. The topological polar surface area (TPSA) is 83.0 Å². The first-order valence-corrected chi connectivity index (χ1v) is 15.8. The molecule has 1 amide bonds. The zero-order valence-electron chi connectivity index (χ0n) is 23.6. The summed E-state index contributed by atoms with van der Waals surface area (Å²) in [6, 6.07) is 17.5. The largest absolute Gasteiger partial charge is 0.497 e. The first-order valence-electron chi connectivity index (χ1n) is 14.3. The summed E-state index contributed by atoms with van der Waals surface area (Å²) in [5, 5.41) is 0. The number of pyridine rings is 1. The number of sulfonamides is 1. The number of methoxy groups -OCH3 is 1. The Morgan fingerprint density at radius 3 is 2.29 bits per heavy atom. The van der Waals surface area contributed by atoms with E-state index in [1.807, 2.05) is 36.4 Å². The average molecular weight is 575 g/mol. The van der Waals surface area contributed by atoms with Gasteiger partial charge < -0.3 is 9.64 Å². The van der Waals surface area contributed by atoms with E-state index in [2.05, 4.69) is 14.8 Å². The number of likely N-dealkylation sites (tertiary alicyclic amines) is 2. The zero-order chi connectivity index (χ0) is 28.7. The van der Waals surface area contributed by atoms with E-state index in [9.17, 15) is 13.2 Å². The Morgan fingerprint density at radius 1 is 0.927 bits per heavy atom. The van der Waals surface area contributed by atoms with Crippen molar-refractivity contribution in [2.75, 3.05) is 44.1 Å². The smallest absolute Gasteiger partial charge is 0.270 e. The van der Waals surface area contributed by atoms with E-state index in [-0.39, 0.29) is 11.4 Å². The third-order valence-corrected chi connectivity index (χ3v) is 9.71. The number of para-hydroxylation sites is 1. The summed E-state index contributed by atoms with van der Waals surface area (Å²) < 4.78 is 34.4. The standard InChI is InChI=1S/C32H38N4O4S/c1-40-29-11-13-30(14-12-29)41(38,39)36(31-8-4-3-7-27(31)10-9-26-15-19-33-20-16-26)32(37)25-34-23-17-28(18-24-34)35-21-5-2-6-22-35/h3-4,7-16,19-20,28H,2,5-6,17-18,21-25H2,1H3/b10-9+. The van der Waals surface area contributed by atoms with Crippen molar-refractivity contribution < 1.29 is 17.9 Å². The monoisotopic (exact) mass is 574 g/mol. The van der Waals surface area contributed by atoms with Crippen molar-refractivity contribution in [1.82, 2.24) is 14.8 Å². The molecule has 0 spiro atoms. The molecule has 2 aliphatic heterocycles. The summed E-state index contributed by atoms with van der Waals surface area (Å²) in [4.78, 5) is 22.8. The number of carbonyl (C=O) groups excluding carboxylic acids is 1. The molecule has 8 nitrogen and oxygen atoms in total. The third kappa shape index (κ3) is 7.04. The Bertz CT molecular complexity index is 1430. The highest BCUT2D eigenvalue weighted by atomic mass is 32.2. The molecule has 1 aromatic heterocycles. The van der Waals surface area contributed by atoms with Crippen LogP contribution in [0, 0.1) is 0 Å². The van der Waals surface area contributed by atoms with Gasteiger partial charge in [-0.3, -0.25) is 14.7 Å². The van der Waals surface area contributed by atoms with Gasteiger partial charge in [-0.15, -0.1) is 0 Å². The lowest BCUT2D eigenvalue weighted by atomic mass is 10.00. The molecule has 2 aliphatic rings. The van der Waals surface area contributed by atoms with Gasteiger partial charge in [-0.25, -0.2) is 12.7 Å². The summed E-state index contributed by atoms with van der Waals surface area (Å²) in [5.74, 6) is 0.0705. The van der Waals surface area contributed by atoms with Gasteiger partial charge in [0.1, 0.15) is 5.75 Å². The Balaban J connectivity index is 1.42. The first-order chi connectivity index (χ1) is 20.0. The van der Waals surface area contributed by atoms with Gasteiger partial charge in [0.25, 0.3) is 15.9 Å². The van der Waals surface area contributed by atoms with Crippen LogP contribution in [0.1, 0.15) is 43.2 Å². The Morgan fingerprint density at radius 2 is 1.61 bits per heavy atom. The van der Waals surface area contributed by atoms with E-state index in [4.69, 9.17) is 4.74 Å². The summed E-state index contributed by atoms with van der Waals surface area (Å²) in [5.41, 5.74) is 1.86. The van der Waals surface area contributed by atoms with E-state index in [0.29, 0.717) is 23.0 Å². The maximum absolute atomic E-state index is 14.1. The number of benzene rings is 2. The van der Waals surface area contributed by atoms with Crippen LogP contribution < -0.4 is 9.04 Å². The second-order valence-electron chi connectivity index (χ2n) is 10.6. The van der Waals surface area contributed by atoms with Crippen LogP contribution in [0.3, 0.4) is 0 Å². The second kappa shape index (κ2) is 13.4. The quantitative estimate of drug-likeness (QED) is 0.358. The summed E-state index contributed by atoms with van der Waals surface area (Å²) in [7, 11) is -2.69. The maximum atomic E-state index is 14.1. The lowest BCUT2D eigenvalue weighted by Crippen LogP contribution is -2.50. The molecule has 0 bridgehead atoms. The van der Waals surface area contributed by atoms with E-state index in [1.165, 1.54) is 38.5 Å².